The maximum Gasteiger partial charge on any atom is 0.0793 e. The Hall–Kier alpha value is -1.64. The van der Waals surface area contributed by atoms with Gasteiger partial charge in [-0.3, -0.25) is 4.90 Å². The van der Waals surface area contributed by atoms with Crippen LogP contribution in [0.4, 0.5) is 0 Å². The van der Waals surface area contributed by atoms with Gasteiger partial charge in [-0.15, -0.1) is 0 Å². The Kier molecular flexibility index (Phi) is 3.96. The van der Waals surface area contributed by atoms with Gasteiger partial charge in [0.25, 0.3) is 0 Å². The minimum Gasteiger partial charge on any atom is -0.388 e. The van der Waals surface area contributed by atoms with Crippen molar-refractivity contribution in [3.05, 3.63) is 71.3 Å². The lowest BCUT2D eigenvalue weighted by atomic mass is 9.64. The minimum atomic E-state index is -0.265. The van der Waals surface area contributed by atoms with Gasteiger partial charge in [-0.2, -0.15) is 0 Å². The Bertz CT molecular complexity index is 659. The monoisotopic (exact) mass is 307 g/mol. The zero-order chi connectivity index (χ0) is 15.7. The van der Waals surface area contributed by atoms with Crippen molar-refractivity contribution in [3.63, 3.8) is 0 Å². The number of fused-ring (bicyclic) bond motifs is 2. The van der Waals surface area contributed by atoms with Gasteiger partial charge >= 0.3 is 0 Å². The minimum absolute atomic E-state index is 0.265. The summed E-state index contributed by atoms with van der Waals surface area (Å²) in [6.07, 6.45) is 4.20. The average Bonchev–Trinajstić information content (AvgIpc) is 2.62. The maximum absolute atomic E-state index is 10.3. The largest absolute Gasteiger partial charge is 0.388 e. The first-order chi connectivity index (χ1) is 11.3. The predicted molar refractivity (Wildman–Crippen MR) is 93.3 cm³/mol. The second kappa shape index (κ2) is 6.10. The van der Waals surface area contributed by atoms with E-state index in [2.05, 4.69) is 59.5 Å². The highest BCUT2D eigenvalue weighted by atomic mass is 16.3. The van der Waals surface area contributed by atoms with E-state index >= 15 is 0 Å². The summed E-state index contributed by atoms with van der Waals surface area (Å²) in [5.41, 5.74) is 4.29. The van der Waals surface area contributed by atoms with Crippen LogP contribution in [0.5, 0.6) is 0 Å². The highest BCUT2D eigenvalue weighted by Crippen LogP contribution is 2.47. The van der Waals surface area contributed by atoms with Gasteiger partial charge < -0.3 is 5.11 Å². The van der Waals surface area contributed by atoms with Crippen molar-refractivity contribution in [2.75, 3.05) is 13.1 Å². The third kappa shape index (κ3) is 2.82. The molecule has 1 fully saturated rings. The number of nitrogens with zero attached hydrogens (tertiary/aromatic N) is 1. The number of aliphatic hydroxyl groups is 1. The fraction of sp³-hybridized carbons (Fsp3) is 0.429. The Morgan fingerprint density at radius 3 is 2.39 bits per heavy atom. The van der Waals surface area contributed by atoms with Crippen LogP contribution >= 0.6 is 0 Å². The second-order valence-electron chi connectivity index (χ2n) is 7.18. The molecule has 2 nitrogen and oxygen atoms in total. The van der Waals surface area contributed by atoms with Crippen molar-refractivity contribution >= 4 is 0 Å². The topological polar surface area (TPSA) is 23.5 Å². The fourth-order valence-electron chi connectivity index (χ4n) is 4.47. The Morgan fingerprint density at radius 2 is 1.61 bits per heavy atom. The Labute approximate surface area is 138 Å². The van der Waals surface area contributed by atoms with E-state index in [1.54, 1.807) is 0 Å². The summed E-state index contributed by atoms with van der Waals surface area (Å²) < 4.78 is 0. The molecule has 1 aliphatic heterocycles. The van der Waals surface area contributed by atoms with Gasteiger partial charge in [0.1, 0.15) is 0 Å². The standard InChI is InChI=1S/C21H25NO/c23-20-10-11-21(19-9-5-4-8-18(19)20)12-14-22(15-13-21)16-17-6-2-1-3-7-17/h1-9,20,23H,10-16H2. The fourth-order valence-corrected chi connectivity index (χ4v) is 4.47. The number of likely N-dealkylation sites (tertiary alicyclic amines) is 1. The summed E-state index contributed by atoms with van der Waals surface area (Å²) >= 11 is 0. The third-order valence-electron chi connectivity index (χ3n) is 5.85. The van der Waals surface area contributed by atoms with E-state index in [1.165, 1.54) is 29.5 Å². The molecule has 1 atom stereocenters. The van der Waals surface area contributed by atoms with Crippen LogP contribution in [0.2, 0.25) is 0 Å². The van der Waals surface area contributed by atoms with E-state index in [-0.39, 0.29) is 6.10 Å². The quantitative estimate of drug-likeness (QED) is 0.905. The smallest absolute Gasteiger partial charge is 0.0793 e. The molecule has 0 radical (unpaired) electrons. The number of aliphatic hydroxyl groups excluding tert-OH is 1. The third-order valence-corrected chi connectivity index (χ3v) is 5.85. The summed E-state index contributed by atoms with van der Waals surface area (Å²) in [6.45, 7) is 3.36. The molecule has 2 aromatic rings. The van der Waals surface area contributed by atoms with E-state index in [0.29, 0.717) is 5.41 Å². The van der Waals surface area contributed by atoms with E-state index in [4.69, 9.17) is 0 Å². The molecule has 1 spiro atoms. The van der Waals surface area contributed by atoms with Gasteiger partial charge in [0, 0.05) is 6.54 Å². The highest BCUT2D eigenvalue weighted by Gasteiger charge is 2.41. The van der Waals surface area contributed by atoms with Gasteiger partial charge in [0.15, 0.2) is 0 Å². The van der Waals surface area contributed by atoms with Crippen LogP contribution < -0.4 is 0 Å². The van der Waals surface area contributed by atoms with Gasteiger partial charge in [0.05, 0.1) is 6.10 Å². The molecular weight excluding hydrogens is 282 g/mol. The molecule has 0 saturated carbocycles. The normalized spacial score (nSPS) is 23.6. The zero-order valence-corrected chi connectivity index (χ0v) is 13.6. The lowest BCUT2D eigenvalue weighted by Crippen LogP contribution is -2.44. The summed E-state index contributed by atoms with van der Waals surface area (Å²) in [4.78, 5) is 2.58. The number of piperidine rings is 1. The summed E-state index contributed by atoms with van der Waals surface area (Å²) in [7, 11) is 0. The molecule has 120 valence electrons. The van der Waals surface area contributed by atoms with E-state index in [9.17, 15) is 5.11 Å². The van der Waals surface area contributed by atoms with Gasteiger partial charge in [-0.05, 0) is 60.9 Å². The summed E-state index contributed by atoms with van der Waals surface area (Å²) in [6, 6.07) is 19.3. The Morgan fingerprint density at radius 1 is 0.913 bits per heavy atom. The lowest BCUT2D eigenvalue weighted by molar-refractivity contribution is 0.0929. The van der Waals surface area contributed by atoms with Crippen molar-refractivity contribution in [1.29, 1.82) is 0 Å². The van der Waals surface area contributed by atoms with Crippen LogP contribution in [0.25, 0.3) is 0 Å². The van der Waals surface area contributed by atoms with Crippen LogP contribution in [0.1, 0.15) is 48.5 Å². The molecular formula is C21H25NO. The number of rotatable bonds is 2. The number of benzene rings is 2. The van der Waals surface area contributed by atoms with Crippen LogP contribution in [-0.2, 0) is 12.0 Å². The maximum atomic E-state index is 10.3. The lowest BCUT2D eigenvalue weighted by Gasteiger charge is -2.46. The molecule has 1 N–H and O–H groups in total. The van der Waals surface area contributed by atoms with Gasteiger partial charge in [-0.1, -0.05) is 54.6 Å². The Balaban J connectivity index is 1.50. The molecule has 0 bridgehead atoms. The molecule has 2 aromatic carbocycles. The molecule has 4 rings (SSSR count). The molecule has 1 saturated heterocycles. The number of hydrogen-bond acceptors (Lipinski definition) is 2. The van der Waals surface area contributed by atoms with Gasteiger partial charge in [0.2, 0.25) is 0 Å². The first-order valence-corrected chi connectivity index (χ1v) is 8.81. The summed E-state index contributed by atoms with van der Waals surface area (Å²) in [5, 5.41) is 10.3. The van der Waals surface area contributed by atoms with Crippen LogP contribution in [-0.4, -0.2) is 23.1 Å². The van der Waals surface area contributed by atoms with Gasteiger partial charge in [-0.25, -0.2) is 0 Å². The van der Waals surface area contributed by atoms with Crippen LogP contribution in [0, 0.1) is 0 Å². The van der Waals surface area contributed by atoms with Crippen molar-refractivity contribution in [3.8, 4) is 0 Å². The molecule has 1 aliphatic carbocycles. The molecule has 2 heteroatoms. The van der Waals surface area contributed by atoms with Crippen molar-refractivity contribution in [2.24, 2.45) is 0 Å². The van der Waals surface area contributed by atoms with Crippen molar-refractivity contribution in [1.82, 2.24) is 4.90 Å². The molecule has 0 amide bonds. The second-order valence-corrected chi connectivity index (χ2v) is 7.18. The van der Waals surface area contributed by atoms with E-state index in [0.717, 1.165) is 32.5 Å². The average molecular weight is 307 g/mol. The SMILES string of the molecule is OC1CCC2(CCN(Cc3ccccc3)CC2)c2ccccc21. The van der Waals surface area contributed by atoms with Crippen LogP contribution in [0.3, 0.4) is 0 Å². The van der Waals surface area contributed by atoms with E-state index < -0.39 is 0 Å². The van der Waals surface area contributed by atoms with Crippen molar-refractivity contribution in [2.45, 2.75) is 43.7 Å². The summed E-state index contributed by atoms with van der Waals surface area (Å²) in [5.74, 6) is 0. The number of hydrogen-bond donors (Lipinski definition) is 1. The molecule has 2 aliphatic rings. The van der Waals surface area contributed by atoms with E-state index in [1.807, 2.05) is 0 Å². The van der Waals surface area contributed by atoms with Crippen molar-refractivity contribution < 1.29 is 5.11 Å². The molecule has 0 aromatic heterocycles. The molecule has 1 unspecified atom stereocenters. The zero-order valence-electron chi connectivity index (χ0n) is 13.6. The molecule has 23 heavy (non-hydrogen) atoms. The molecule has 1 heterocycles. The first-order valence-electron chi connectivity index (χ1n) is 8.81. The van der Waals surface area contributed by atoms with Crippen LogP contribution in [0.15, 0.2) is 54.6 Å². The predicted octanol–water partition coefficient (Wildman–Crippen LogP) is 4.05. The first kappa shape index (κ1) is 14.9. The highest BCUT2D eigenvalue weighted by molar-refractivity contribution is 5.39.